The van der Waals surface area contributed by atoms with Crippen molar-refractivity contribution in [1.29, 1.82) is 0 Å². The zero-order valence-electron chi connectivity index (χ0n) is 10.9. The Hall–Kier alpha value is -2.07. The highest BCUT2D eigenvalue weighted by molar-refractivity contribution is 8.00. The van der Waals surface area contributed by atoms with Crippen molar-refractivity contribution in [2.45, 2.75) is 17.4 Å². The molecule has 0 aliphatic carbocycles. The number of benzene rings is 2. The van der Waals surface area contributed by atoms with Crippen molar-refractivity contribution in [2.75, 3.05) is 0 Å². The van der Waals surface area contributed by atoms with E-state index >= 15 is 0 Å². The Balaban J connectivity index is 1.78. The highest BCUT2D eigenvalue weighted by atomic mass is 32.2. The van der Waals surface area contributed by atoms with E-state index in [2.05, 4.69) is 4.98 Å². The van der Waals surface area contributed by atoms with Gasteiger partial charge in [-0.25, -0.2) is 4.98 Å². The van der Waals surface area contributed by atoms with Gasteiger partial charge in [-0.3, -0.25) is 4.79 Å². The number of thioether (sulfide) groups is 1. The topological polar surface area (TPSA) is 43.1 Å². The molecule has 2 aromatic carbocycles. The van der Waals surface area contributed by atoms with Crippen LogP contribution < -0.4 is 0 Å². The SMILES string of the molecule is C[C@H](Sc1nc2ccccc2o1)C(=O)c1ccccc1. The molecular weight excluding hydrogens is 270 g/mol. The number of hydrogen-bond donors (Lipinski definition) is 0. The molecule has 100 valence electrons. The van der Waals surface area contributed by atoms with Crippen molar-refractivity contribution >= 4 is 28.6 Å². The van der Waals surface area contributed by atoms with E-state index in [4.69, 9.17) is 4.42 Å². The van der Waals surface area contributed by atoms with E-state index in [0.717, 1.165) is 11.1 Å². The molecule has 0 unspecified atom stereocenters. The Morgan fingerprint density at radius 2 is 1.80 bits per heavy atom. The van der Waals surface area contributed by atoms with Gasteiger partial charge in [0, 0.05) is 5.56 Å². The van der Waals surface area contributed by atoms with E-state index in [0.29, 0.717) is 10.8 Å². The van der Waals surface area contributed by atoms with Gasteiger partial charge in [0.05, 0.1) is 5.25 Å². The lowest BCUT2D eigenvalue weighted by Crippen LogP contribution is -2.13. The molecule has 0 saturated carbocycles. The maximum absolute atomic E-state index is 12.3. The molecule has 0 amide bonds. The largest absolute Gasteiger partial charge is 0.431 e. The first-order valence-corrected chi connectivity index (χ1v) is 7.23. The highest BCUT2D eigenvalue weighted by Gasteiger charge is 2.19. The molecule has 0 saturated heterocycles. The van der Waals surface area contributed by atoms with E-state index in [1.54, 1.807) is 0 Å². The fraction of sp³-hybridized carbons (Fsp3) is 0.125. The van der Waals surface area contributed by atoms with Gasteiger partial charge in [0.2, 0.25) is 0 Å². The second kappa shape index (κ2) is 5.51. The minimum atomic E-state index is -0.231. The van der Waals surface area contributed by atoms with Gasteiger partial charge in [0.25, 0.3) is 5.22 Å². The number of carbonyl (C=O) groups is 1. The molecule has 0 N–H and O–H groups in total. The van der Waals surface area contributed by atoms with Gasteiger partial charge in [0.1, 0.15) is 5.52 Å². The summed E-state index contributed by atoms with van der Waals surface area (Å²) in [5, 5.41) is 0.299. The highest BCUT2D eigenvalue weighted by Crippen LogP contribution is 2.28. The lowest BCUT2D eigenvalue weighted by molar-refractivity contribution is 0.0993. The number of aromatic nitrogens is 1. The molecule has 0 spiro atoms. The van der Waals surface area contributed by atoms with Gasteiger partial charge in [-0.2, -0.15) is 0 Å². The van der Waals surface area contributed by atoms with Crippen LogP contribution in [0, 0.1) is 0 Å². The smallest absolute Gasteiger partial charge is 0.257 e. The Labute approximate surface area is 121 Å². The third-order valence-corrected chi connectivity index (χ3v) is 3.92. The minimum absolute atomic E-state index is 0.0813. The number of hydrogen-bond acceptors (Lipinski definition) is 4. The molecule has 3 nitrogen and oxygen atoms in total. The predicted molar refractivity (Wildman–Crippen MR) is 80.1 cm³/mol. The normalized spacial score (nSPS) is 12.4. The molecule has 0 aliphatic rings. The Kier molecular flexibility index (Phi) is 3.56. The number of fused-ring (bicyclic) bond motifs is 1. The second-order valence-corrected chi connectivity index (χ2v) is 5.73. The van der Waals surface area contributed by atoms with Crippen molar-refractivity contribution in [2.24, 2.45) is 0 Å². The van der Waals surface area contributed by atoms with Crippen LogP contribution in [-0.4, -0.2) is 16.0 Å². The van der Waals surface area contributed by atoms with Gasteiger partial charge >= 0.3 is 0 Å². The minimum Gasteiger partial charge on any atom is -0.431 e. The van der Waals surface area contributed by atoms with Crippen LogP contribution in [0.15, 0.2) is 64.2 Å². The monoisotopic (exact) mass is 283 g/mol. The van der Waals surface area contributed by atoms with E-state index in [1.807, 2.05) is 61.5 Å². The molecule has 3 aromatic rings. The molecule has 0 bridgehead atoms. The van der Waals surface area contributed by atoms with Gasteiger partial charge < -0.3 is 4.42 Å². The molecule has 20 heavy (non-hydrogen) atoms. The molecule has 4 heteroatoms. The summed E-state index contributed by atoms with van der Waals surface area (Å²) in [4.78, 5) is 16.6. The molecule has 1 aromatic heterocycles. The van der Waals surface area contributed by atoms with Crippen LogP contribution in [-0.2, 0) is 0 Å². The van der Waals surface area contributed by atoms with E-state index < -0.39 is 0 Å². The third kappa shape index (κ3) is 2.60. The van der Waals surface area contributed by atoms with Crippen molar-refractivity contribution in [3.05, 3.63) is 60.2 Å². The first kappa shape index (κ1) is 12.9. The third-order valence-electron chi connectivity index (χ3n) is 2.98. The van der Waals surface area contributed by atoms with Gasteiger partial charge in [0.15, 0.2) is 11.4 Å². The van der Waals surface area contributed by atoms with Crippen molar-refractivity contribution < 1.29 is 9.21 Å². The summed E-state index contributed by atoms with van der Waals surface area (Å²) < 4.78 is 5.62. The van der Waals surface area contributed by atoms with Gasteiger partial charge in [-0.1, -0.05) is 54.2 Å². The van der Waals surface area contributed by atoms with Crippen LogP contribution in [0.1, 0.15) is 17.3 Å². The maximum Gasteiger partial charge on any atom is 0.257 e. The fourth-order valence-electron chi connectivity index (χ4n) is 1.94. The van der Waals surface area contributed by atoms with Crippen LogP contribution in [0.2, 0.25) is 0 Å². The number of nitrogens with zero attached hydrogens (tertiary/aromatic N) is 1. The van der Waals surface area contributed by atoms with Crippen molar-refractivity contribution in [3.8, 4) is 0 Å². The first-order valence-electron chi connectivity index (χ1n) is 6.35. The molecular formula is C16H13NO2S. The summed E-state index contributed by atoms with van der Waals surface area (Å²) in [6.07, 6.45) is 0. The van der Waals surface area contributed by atoms with Crippen LogP contribution in [0.25, 0.3) is 11.1 Å². The van der Waals surface area contributed by atoms with Crippen LogP contribution in [0.4, 0.5) is 0 Å². The summed E-state index contributed by atoms with van der Waals surface area (Å²) in [7, 11) is 0. The van der Waals surface area contributed by atoms with Crippen molar-refractivity contribution in [3.63, 3.8) is 0 Å². The molecule has 0 radical (unpaired) electrons. The fourth-order valence-corrected chi connectivity index (χ4v) is 2.78. The summed E-state index contributed by atoms with van der Waals surface area (Å²) >= 11 is 1.34. The molecule has 0 aliphatic heterocycles. The van der Waals surface area contributed by atoms with E-state index in [1.165, 1.54) is 11.8 Å². The zero-order valence-corrected chi connectivity index (χ0v) is 11.8. The Morgan fingerprint density at radius 3 is 2.55 bits per heavy atom. The number of ketones is 1. The second-order valence-electron chi connectivity index (χ2n) is 4.44. The zero-order chi connectivity index (χ0) is 13.9. The summed E-state index contributed by atoms with van der Waals surface area (Å²) in [6.45, 7) is 1.87. The first-order chi connectivity index (χ1) is 9.74. The summed E-state index contributed by atoms with van der Waals surface area (Å²) in [5.74, 6) is 0.0813. The molecule has 3 rings (SSSR count). The summed E-state index contributed by atoms with van der Waals surface area (Å²) in [6, 6.07) is 16.9. The maximum atomic E-state index is 12.3. The van der Waals surface area contributed by atoms with E-state index in [9.17, 15) is 4.79 Å². The molecule has 0 fully saturated rings. The quantitative estimate of drug-likeness (QED) is 0.532. The lowest BCUT2D eigenvalue weighted by atomic mass is 10.1. The van der Waals surface area contributed by atoms with Gasteiger partial charge in [-0.05, 0) is 19.1 Å². The van der Waals surface area contributed by atoms with Crippen LogP contribution >= 0.6 is 11.8 Å². The average Bonchev–Trinajstić information content (AvgIpc) is 2.89. The Bertz CT molecular complexity index is 703. The van der Waals surface area contributed by atoms with Gasteiger partial charge in [-0.15, -0.1) is 0 Å². The molecule has 1 atom stereocenters. The standard InChI is InChI=1S/C16H13NO2S/c1-11(15(18)12-7-3-2-4-8-12)20-16-17-13-9-5-6-10-14(13)19-16/h2-11H,1H3/t11-/m0/s1. The summed E-state index contributed by atoms with van der Waals surface area (Å²) in [5.41, 5.74) is 2.27. The number of carbonyl (C=O) groups excluding carboxylic acids is 1. The predicted octanol–water partition coefficient (Wildman–Crippen LogP) is 4.19. The number of oxazole rings is 1. The lowest BCUT2D eigenvalue weighted by Gasteiger charge is -2.07. The molecule has 1 heterocycles. The van der Waals surface area contributed by atoms with Crippen molar-refractivity contribution in [1.82, 2.24) is 4.98 Å². The average molecular weight is 283 g/mol. The van der Waals surface area contributed by atoms with Crippen LogP contribution in [0.3, 0.4) is 0 Å². The van der Waals surface area contributed by atoms with E-state index in [-0.39, 0.29) is 11.0 Å². The Morgan fingerprint density at radius 1 is 1.10 bits per heavy atom. The number of para-hydroxylation sites is 2. The number of Topliss-reactive ketones (excluding diaryl/α,β-unsaturated/α-hetero) is 1. The van der Waals surface area contributed by atoms with Crippen LogP contribution in [0.5, 0.6) is 0 Å². The number of rotatable bonds is 4.